The molecule has 1 aliphatic heterocycles. The number of ketones is 1. The molecule has 1 amide bonds. The highest BCUT2D eigenvalue weighted by Gasteiger charge is 2.26. The second-order valence-electron chi connectivity index (χ2n) is 5.87. The molecule has 2 aliphatic rings. The summed E-state index contributed by atoms with van der Waals surface area (Å²) in [7, 11) is 0. The number of benzene rings is 1. The van der Waals surface area contributed by atoms with Crippen LogP contribution in [0, 0.1) is 11.8 Å². The average molecular weight is 273 g/mol. The number of ether oxygens (including phenoxy) is 1. The molecule has 0 aromatic heterocycles. The first-order chi connectivity index (χ1) is 9.63. The van der Waals surface area contributed by atoms with Gasteiger partial charge < -0.3 is 10.1 Å². The Morgan fingerprint density at radius 3 is 2.75 bits per heavy atom. The zero-order chi connectivity index (χ0) is 14.1. The van der Waals surface area contributed by atoms with Crippen molar-refractivity contribution in [1.29, 1.82) is 0 Å². The molecule has 0 spiro atoms. The van der Waals surface area contributed by atoms with Crippen molar-refractivity contribution in [2.45, 2.75) is 32.6 Å². The Kier molecular flexibility index (Phi) is 3.47. The van der Waals surface area contributed by atoms with E-state index in [1.165, 1.54) is 0 Å². The maximum atomic E-state index is 12.5. The largest absolute Gasteiger partial charge is 0.482 e. The van der Waals surface area contributed by atoms with Gasteiger partial charge in [-0.15, -0.1) is 0 Å². The van der Waals surface area contributed by atoms with Crippen LogP contribution < -0.4 is 10.1 Å². The number of hydrogen-bond acceptors (Lipinski definition) is 3. The van der Waals surface area contributed by atoms with Gasteiger partial charge in [0.1, 0.15) is 5.75 Å². The number of rotatable bonds is 2. The summed E-state index contributed by atoms with van der Waals surface area (Å²) in [5.74, 6) is 1.52. The standard InChI is InChI=1S/C16H19NO3/c1-10-2-4-11(5-3-10)16(19)12-6-7-14-13(8-12)17-15(18)9-20-14/h6-8,10-11H,2-5,9H2,1H3,(H,17,18). The molecule has 0 atom stereocenters. The molecule has 1 heterocycles. The molecule has 106 valence electrons. The molecule has 1 aromatic carbocycles. The van der Waals surface area contributed by atoms with Gasteiger partial charge in [0.25, 0.3) is 5.91 Å². The third-order valence-electron chi connectivity index (χ3n) is 4.28. The average Bonchev–Trinajstić information content (AvgIpc) is 2.46. The SMILES string of the molecule is CC1CCC(C(=O)c2ccc3c(c2)NC(=O)CO3)CC1. The minimum Gasteiger partial charge on any atom is -0.482 e. The molecule has 3 rings (SSSR count). The topological polar surface area (TPSA) is 55.4 Å². The molecule has 0 radical (unpaired) electrons. The van der Waals surface area contributed by atoms with Crippen molar-refractivity contribution >= 4 is 17.4 Å². The Bertz CT molecular complexity index is 545. The van der Waals surface area contributed by atoms with Crippen LogP contribution >= 0.6 is 0 Å². The van der Waals surface area contributed by atoms with Gasteiger partial charge in [-0.2, -0.15) is 0 Å². The van der Waals surface area contributed by atoms with Gasteiger partial charge in [-0.05, 0) is 37.0 Å². The summed E-state index contributed by atoms with van der Waals surface area (Å²) < 4.78 is 5.31. The molecule has 0 unspecified atom stereocenters. The van der Waals surface area contributed by atoms with E-state index in [0.717, 1.165) is 31.6 Å². The Morgan fingerprint density at radius 1 is 1.25 bits per heavy atom. The number of carbonyl (C=O) groups is 2. The quantitative estimate of drug-likeness (QED) is 0.843. The van der Waals surface area contributed by atoms with Crippen molar-refractivity contribution in [1.82, 2.24) is 0 Å². The Balaban J connectivity index is 1.78. The normalized spacial score (nSPS) is 25.4. The number of amides is 1. The smallest absolute Gasteiger partial charge is 0.262 e. The predicted octanol–water partition coefficient (Wildman–Crippen LogP) is 3.03. The summed E-state index contributed by atoms with van der Waals surface area (Å²) in [5, 5.41) is 2.75. The maximum Gasteiger partial charge on any atom is 0.262 e. The number of anilines is 1. The predicted molar refractivity (Wildman–Crippen MR) is 76.0 cm³/mol. The second-order valence-corrected chi connectivity index (χ2v) is 5.87. The van der Waals surface area contributed by atoms with E-state index in [2.05, 4.69) is 12.2 Å². The number of nitrogens with one attached hydrogen (secondary N) is 1. The van der Waals surface area contributed by atoms with E-state index in [0.29, 0.717) is 17.0 Å². The second kappa shape index (κ2) is 5.27. The minimum atomic E-state index is -0.173. The Labute approximate surface area is 118 Å². The monoisotopic (exact) mass is 273 g/mol. The number of carbonyl (C=O) groups excluding carboxylic acids is 2. The van der Waals surface area contributed by atoms with E-state index in [9.17, 15) is 9.59 Å². The van der Waals surface area contributed by atoms with E-state index in [4.69, 9.17) is 4.74 Å². The highest BCUT2D eigenvalue weighted by molar-refractivity contribution is 6.01. The molecule has 1 aliphatic carbocycles. The van der Waals surface area contributed by atoms with Crippen LogP contribution in [-0.4, -0.2) is 18.3 Å². The summed E-state index contributed by atoms with van der Waals surface area (Å²) in [6.45, 7) is 2.28. The van der Waals surface area contributed by atoms with Gasteiger partial charge in [-0.1, -0.05) is 19.8 Å². The molecule has 1 fully saturated rings. The molecular weight excluding hydrogens is 254 g/mol. The lowest BCUT2D eigenvalue weighted by molar-refractivity contribution is -0.118. The molecule has 1 aromatic rings. The zero-order valence-electron chi connectivity index (χ0n) is 11.6. The van der Waals surface area contributed by atoms with E-state index in [1.54, 1.807) is 18.2 Å². The number of hydrogen-bond donors (Lipinski definition) is 1. The molecule has 1 saturated carbocycles. The van der Waals surface area contributed by atoms with Crippen molar-refractivity contribution in [2.75, 3.05) is 11.9 Å². The van der Waals surface area contributed by atoms with Gasteiger partial charge in [0.15, 0.2) is 12.4 Å². The number of fused-ring (bicyclic) bond motifs is 1. The lowest BCUT2D eigenvalue weighted by atomic mass is 9.79. The summed E-state index contributed by atoms with van der Waals surface area (Å²) in [4.78, 5) is 23.8. The molecule has 0 saturated heterocycles. The van der Waals surface area contributed by atoms with Crippen LogP contribution in [0.5, 0.6) is 5.75 Å². The van der Waals surface area contributed by atoms with Crippen LogP contribution in [0.25, 0.3) is 0 Å². The van der Waals surface area contributed by atoms with E-state index in [1.807, 2.05) is 0 Å². The van der Waals surface area contributed by atoms with Crippen LogP contribution in [0.3, 0.4) is 0 Å². The molecule has 1 N–H and O–H groups in total. The van der Waals surface area contributed by atoms with Gasteiger partial charge in [-0.3, -0.25) is 9.59 Å². The lowest BCUT2D eigenvalue weighted by Crippen LogP contribution is -2.26. The fourth-order valence-electron chi connectivity index (χ4n) is 2.99. The van der Waals surface area contributed by atoms with Crippen molar-refractivity contribution < 1.29 is 14.3 Å². The summed E-state index contributed by atoms with van der Waals surface area (Å²) in [6.07, 6.45) is 4.20. The van der Waals surface area contributed by atoms with E-state index >= 15 is 0 Å². The van der Waals surface area contributed by atoms with Crippen LogP contribution in [0.1, 0.15) is 43.0 Å². The molecule has 4 heteroatoms. The highest BCUT2D eigenvalue weighted by Crippen LogP contribution is 2.33. The fourth-order valence-corrected chi connectivity index (χ4v) is 2.99. The van der Waals surface area contributed by atoms with Crippen molar-refractivity contribution in [3.8, 4) is 5.75 Å². The molecule has 0 bridgehead atoms. The van der Waals surface area contributed by atoms with Gasteiger partial charge in [0.2, 0.25) is 0 Å². The fraction of sp³-hybridized carbons (Fsp3) is 0.500. The lowest BCUT2D eigenvalue weighted by Gasteiger charge is -2.25. The van der Waals surface area contributed by atoms with Crippen molar-refractivity contribution in [2.24, 2.45) is 11.8 Å². The van der Waals surface area contributed by atoms with Crippen LogP contribution in [0.4, 0.5) is 5.69 Å². The van der Waals surface area contributed by atoms with Crippen LogP contribution in [-0.2, 0) is 4.79 Å². The van der Waals surface area contributed by atoms with E-state index in [-0.39, 0.29) is 24.2 Å². The third-order valence-corrected chi connectivity index (χ3v) is 4.28. The molecule has 4 nitrogen and oxygen atoms in total. The van der Waals surface area contributed by atoms with Gasteiger partial charge in [0.05, 0.1) is 5.69 Å². The number of Topliss-reactive ketones (excluding diaryl/α,β-unsaturated/α-hetero) is 1. The summed E-state index contributed by atoms with van der Waals surface area (Å²) in [5.41, 5.74) is 1.28. The molecule has 20 heavy (non-hydrogen) atoms. The Hall–Kier alpha value is -1.84. The van der Waals surface area contributed by atoms with Crippen molar-refractivity contribution in [3.05, 3.63) is 23.8 Å². The van der Waals surface area contributed by atoms with Crippen LogP contribution in [0.2, 0.25) is 0 Å². The maximum absolute atomic E-state index is 12.5. The van der Waals surface area contributed by atoms with Gasteiger partial charge >= 0.3 is 0 Å². The van der Waals surface area contributed by atoms with Crippen molar-refractivity contribution in [3.63, 3.8) is 0 Å². The third kappa shape index (κ3) is 2.55. The van der Waals surface area contributed by atoms with Gasteiger partial charge in [0, 0.05) is 11.5 Å². The zero-order valence-corrected chi connectivity index (χ0v) is 11.6. The first-order valence-electron chi connectivity index (χ1n) is 7.24. The van der Waals surface area contributed by atoms with Gasteiger partial charge in [-0.25, -0.2) is 0 Å². The molecular formula is C16H19NO3. The Morgan fingerprint density at radius 2 is 2.00 bits per heavy atom. The first kappa shape index (κ1) is 13.2. The van der Waals surface area contributed by atoms with Crippen LogP contribution in [0.15, 0.2) is 18.2 Å². The summed E-state index contributed by atoms with van der Waals surface area (Å²) >= 11 is 0. The highest BCUT2D eigenvalue weighted by atomic mass is 16.5. The first-order valence-corrected chi connectivity index (χ1v) is 7.24. The minimum absolute atomic E-state index is 0.0425. The van der Waals surface area contributed by atoms with E-state index < -0.39 is 0 Å². The summed E-state index contributed by atoms with van der Waals surface area (Å²) in [6, 6.07) is 5.32.